The normalized spacial score (nSPS) is 9.11. The molecular weight excluding hydrogens is 234 g/mol. The summed E-state index contributed by atoms with van der Waals surface area (Å²) < 4.78 is 0. The van der Waals surface area contributed by atoms with Crippen LogP contribution in [0.5, 0.6) is 11.5 Å². The number of nitrogen functional groups attached to an aromatic ring is 1. The van der Waals surface area contributed by atoms with Gasteiger partial charge in [-0.1, -0.05) is 24.3 Å². The number of benzene rings is 2. The predicted molar refractivity (Wildman–Crippen MR) is 67.6 cm³/mol. The molecule has 5 N–H and O–H groups in total. The van der Waals surface area contributed by atoms with Crippen molar-refractivity contribution in [3.8, 4) is 11.5 Å². The Hall–Kier alpha value is -2.69. The molecule has 0 unspecified atom stereocenters. The van der Waals surface area contributed by atoms with Gasteiger partial charge < -0.3 is 21.1 Å². The molecule has 2 rings (SSSR count). The minimum atomic E-state index is -1.11. The van der Waals surface area contributed by atoms with Crippen molar-refractivity contribution in [1.82, 2.24) is 0 Å². The largest absolute Gasteiger partial charge is 0.507 e. The van der Waals surface area contributed by atoms with Crippen LogP contribution in [0.1, 0.15) is 10.4 Å². The zero-order chi connectivity index (χ0) is 13.5. The maximum Gasteiger partial charge on any atom is 0.339 e. The summed E-state index contributed by atoms with van der Waals surface area (Å²) in [6.45, 7) is 0. The van der Waals surface area contributed by atoms with E-state index in [2.05, 4.69) is 0 Å². The predicted octanol–water partition coefficient (Wildman–Crippen LogP) is 2.06. The Balaban J connectivity index is 0.000000184. The molecule has 0 bridgehead atoms. The summed E-state index contributed by atoms with van der Waals surface area (Å²) in [6, 6.07) is 12.5. The van der Waals surface area contributed by atoms with E-state index in [4.69, 9.17) is 21.1 Å². The van der Waals surface area contributed by atoms with Gasteiger partial charge in [0.2, 0.25) is 0 Å². The van der Waals surface area contributed by atoms with Gasteiger partial charge in [-0.25, -0.2) is 4.79 Å². The maximum absolute atomic E-state index is 10.3. The van der Waals surface area contributed by atoms with Crippen molar-refractivity contribution < 1.29 is 20.1 Å². The molecule has 0 aliphatic rings. The van der Waals surface area contributed by atoms with Crippen molar-refractivity contribution in [2.75, 3.05) is 5.73 Å². The number of carboxylic acid groups (broad SMARTS) is 1. The second-order valence-corrected chi connectivity index (χ2v) is 3.38. The molecule has 0 radical (unpaired) electrons. The van der Waals surface area contributed by atoms with E-state index in [1.807, 2.05) is 0 Å². The number of carbonyl (C=O) groups is 1. The second kappa shape index (κ2) is 6.15. The molecule has 0 aliphatic carbocycles. The van der Waals surface area contributed by atoms with Crippen molar-refractivity contribution in [3.05, 3.63) is 54.1 Å². The number of rotatable bonds is 1. The Bertz CT molecular complexity index is 519. The molecule has 18 heavy (non-hydrogen) atoms. The molecule has 0 atom stereocenters. The highest BCUT2D eigenvalue weighted by molar-refractivity contribution is 5.90. The first-order valence-corrected chi connectivity index (χ1v) is 5.07. The molecule has 0 amide bonds. The van der Waals surface area contributed by atoms with Crippen LogP contribution in [0, 0.1) is 0 Å². The number of phenolic OH excluding ortho intramolecular Hbond substituents is 1. The third-order valence-corrected chi connectivity index (χ3v) is 2.07. The molecule has 0 aromatic heterocycles. The molecule has 5 heteroatoms. The molecular formula is C13H13NO4. The molecule has 2 aromatic rings. The van der Waals surface area contributed by atoms with Gasteiger partial charge in [-0.05, 0) is 24.3 Å². The molecule has 0 aliphatic heterocycles. The lowest BCUT2D eigenvalue weighted by molar-refractivity contribution is 0.0693. The summed E-state index contributed by atoms with van der Waals surface area (Å²) in [5.41, 5.74) is 5.63. The van der Waals surface area contributed by atoms with Crippen molar-refractivity contribution in [2.24, 2.45) is 0 Å². The molecule has 0 spiro atoms. The number of carboxylic acids is 1. The Kier molecular flexibility index (Phi) is 4.57. The van der Waals surface area contributed by atoms with E-state index in [0.717, 1.165) is 0 Å². The van der Waals surface area contributed by atoms with Crippen LogP contribution in [-0.2, 0) is 0 Å². The van der Waals surface area contributed by atoms with Gasteiger partial charge in [-0.3, -0.25) is 0 Å². The standard InChI is InChI=1S/C7H6O3.C6H7NO/c8-6-4-2-1-3-5(6)7(9)10;7-5-3-1-2-4-6(5)8/h1-4,8H,(H,9,10);1-4,8H,7H2. The molecule has 0 heterocycles. The van der Waals surface area contributed by atoms with Gasteiger partial charge in [0.1, 0.15) is 17.1 Å². The van der Waals surface area contributed by atoms with Gasteiger partial charge in [-0.15, -0.1) is 0 Å². The SMILES string of the molecule is Nc1ccccc1O.O=C(O)c1ccccc1O. The van der Waals surface area contributed by atoms with Crippen LogP contribution in [0.2, 0.25) is 0 Å². The number of nitrogens with two attached hydrogens (primary N) is 1. The summed E-state index contributed by atoms with van der Waals surface area (Å²) in [5, 5.41) is 26.1. The van der Waals surface area contributed by atoms with Crippen LogP contribution in [0.25, 0.3) is 0 Å². The van der Waals surface area contributed by atoms with Crippen LogP contribution >= 0.6 is 0 Å². The molecule has 0 saturated carbocycles. The Morgan fingerprint density at radius 3 is 1.72 bits per heavy atom. The quantitative estimate of drug-likeness (QED) is 0.456. The third kappa shape index (κ3) is 3.71. The molecule has 0 saturated heterocycles. The van der Waals surface area contributed by atoms with Crippen molar-refractivity contribution in [2.45, 2.75) is 0 Å². The number of para-hydroxylation sites is 3. The number of aromatic carboxylic acids is 1. The van der Waals surface area contributed by atoms with Crippen LogP contribution in [-0.4, -0.2) is 21.3 Å². The van der Waals surface area contributed by atoms with E-state index in [0.29, 0.717) is 5.69 Å². The first-order valence-electron chi connectivity index (χ1n) is 5.07. The van der Waals surface area contributed by atoms with E-state index in [1.165, 1.54) is 12.1 Å². The van der Waals surface area contributed by atoms with Crippen LogP contribution < -0.4 is 5.73 Å². The van der Waals surface area contributed by atoms with Gasteiger partial charge in [0.25, 0.3) is 0 Å². The molecule has 0 fully saturated rings. The molecule has 2 aromatic carbocycles. The number of anilines is 1. The lowest BCUT2D eigenvalue weighted by Crippen LogP contribution is -1.95. The Morgan fingerprint density at radius 2 is 1.39 bits per heavy atom. The fourth-order valence-electron chi connectivity index (χ4n) is 1.14. The summed E-state index contributed by atoms with van der Waals surface area (Å²) in [7, 11) is 0. The molecule has 94 valence electrons. The fourth-order valence-corrected chi connectivity index (χ4v) is 1.14. The minimum Gasteiger partial charge on any atom is -0.507 e. The number of aromatic hydroxyl groups is 2. The summed E-state index contributed by atoms with van der Waals surface area (Å²) >= 11 is 0. The Labute approximate surface area is 104 Å². The van der Waals surface area contributed by atoms with Crippen LogP contribution in [0.4, 0.5) is 5.69 Å². The van der Waals surface area contributed by atoms with E-state index >= 15 is 0 Å². The average molecular weight is 247 g/mol. The number of phenols is 2. The van der Waals surface area contributed by atoms with Gasteiger partial charge in [0.15, 0.2) is 0 Å². The number of hydrogen-bond donors (Lipinski definition) is 4. The topological polar surface area (TPSA) is 104 Å². The van der Waals surface area contributed by atoms with Crippen molar-refractivity contribution in [3.63, 3.8) is 0 Å². The van der Waals surface area contributed by atoms with Crippen molar-refractivity contribution >= 4 is 11.7 Å². The maximum atomic E-state index is 10.3. The second-order valence-electron chi connectivity index (χ2n) is 3.38. The van der Waals surface area contributed by atoms with E-state index in [9.17, 15) is 4.79 Å². The molecule has 5 nitrogen and oxygen atoms in total. The highest BCUT2D eigenvalue weighted by atomic mass is 16.4. The number of hydrogen-bond acceptors (Lipinski definition) is 4. The van der Waals surface area contributed by atoms with Gasteiger partial charge in [-0.2, -0.15) is 0 Å². The van der Waals surface area contributed by atoms with Crippen LogP contribution in [0.15, 0.2) is 48.5 Å². The van der Waals surface area contributed by atoms with E-state index in [-0.39, 0.29) is 17.1 Å². The first kappa shape index (κ1) is 13.4. The lowest BCUT2D eigenvalue weighted by Gasteiger charge is -1.95. The third-order valence-electron chi connectivity index (χ3n) is 2.07. The lowest BCUT2D eigenvalue weighted by atomic mass is 10.2. The highest BCUT2D eigenvalue weighted by Crippen LogP contribution is 2.16. The zero-order valence-corrected chi connectivity index (χ0v) is 9.45. The fraction of sp³-hybridized carbons (Fsp3) is 0. The zero-order valence-electron chi connectivity index (χ0n) is 9.45. The first-order chi connectivity index (χ1) is 8.52. The summed E-state index contributed by atoms with van der Waals surface area (Å²) in [5.74, 6) is -1.17. The van der Waals surface area contributed by atoms with E-state index in [1.54, 1.807) is 36.4 Å². The van der Waals surface area contributed by atoms with Gasteiger partial charge in [0, 0.05) is 0 Å². The summed E-state index contributed by atoms with van der Waals surface area (Å²) in [6.07, 6.45) is 0. The van der Waals surface area contributed by atoms with Gasteiger partial charge >= 0.3 is 5.97 Å². The minimum absolute atomic E-state index is 0.0671. The monoisotopic (exact) mass is 247 g/mol. The van der Waals surface area contributed by atoms with Crippen molar-refractivity contribution in [1.29, 1.82) is 0 Å². The summed E-state index contributed by atoms with van der Waals surface area (Å²) in [4.78, 5) is 10.3. The average Bonchev–Trinajstić information content (AvgIpc) is 2.34. The van der Waals surface area contributed by atoms with Gasteiger partial charge in [0.05, 0.1) is 5.69 Å². The highest BCUT2D eigenvalue weighted by Gasteiger charge is 2.05. The smallest absolute Gasteiger partial charge is 0.339 e. The van der Waals surface area contributed by atoms with Crippen LogP contribution in [0.3, 0.4) is 0 Å². The van der Waals surface area contributed by atoms with E-state index < -0.39 is 5.97 Å². The Morgan fingerprint density at radius 1 is 0.889 bits per heavy atom.